The Balaban J connectivity index is 1.98. The zero-order valence-electron chi connectivity index (χ0n) is 10.5. The maximum absolute atomic E-state index is 10.8. The first kappa shape index (κ1) is 14.2. The molecule has 1 unspecified atom stereocenters. The van der Waals surface area contributed by atoms with Crippen LogP contribution >= 0.6 is 11.6 Å². The van der Waals surface area contributed by atoms with Crippen molar-refractivity contribution in [2.24, 2.45) is 5.92 Å². The third kappa shape index (κ3) is 3.89. The Morgan fingerprint density at radius 2 is 2.26 bits per heavy atom. The monoisotopic (exact) mass is 284 g/mol. The van der Waals surface area contributed by atoms with Gasteiger partial charge in [0.15, 0.2) is 0 Å². The van der Waals surface area contributed by atoms with Crippen LogP contribution in [0.3, 0.4) is 0 Å². The Hall–Kier alpha value is -1.17. The van der Waals surface area contributed by atoms with Gasteiger partial charge in [0, 0.05) is 25.3 Å². The van der Waals surface area contributed by atoms with Crippen LogP contribution < -0.4 is 5.32 Å². The fraction of sp³-hybridized carbons (Fsp3) is 0.538. The van der Waals surface area contributed by atoms with Crippen molar-refractivity contribution in [1.29, 1.82) is 0 Å². The van der Waals surface area contributed by atoms with E-state index < -0.39 is 4.92 Å². The van der Waals surface area contributed by atoms with E-state index in [1.807, 2.05) is 0 Å². The second kappa shape index (κ2) is 6.32. The SMILES string of the molecule is O=[N+]([O-])c1cc(CNC(CCO)C2CC2)ccc1Cl. The molecular weight excluding hydrogens is 268 g/mol. The summed E-state index contributed by atoms with van der Waals surface area (Å²) < 4.78 is 0. The lowest BCUT2D eigenvalue weighted by Crippen LogP contribution is -2.31. The molecule has 0 aliphatic heterocycles. The largest absolute Gasteiger partial charge is 0.396 e. The molecule has 1 saturated carbocycles. The molecule has 2 N–H and O–H groups in total. The second-order valence-electron chi connectivity index (χ2n) is 4.88. The molecule has 5 nitrogen and oxygen atoms in total. The van der Waals surface area contributed by atoms with Gasteiger partial charge >= 0.3 is 0 Å². The summed E-state index contributed by atoms with van der Waals surface area (Å²) in [6, 6.07) is 5.12. The Kier molecular flexibility index (Phi) is 4.74. The van der Waals surface area contributed by atoms with Crippen LogP contribution in [-0.4, -0.2) is 22.7 Å². The first-order chi connectivity index (χ1) is 9.11. The highest BCUT2D eigenvalue weighted by Gasteiger charge is 2.30. The number of nitrogens with zero attached hydrogens (tertiary/aromatic N) is 1. The topological polar surface area (TPSA) is 75.4 Å². The summed E-state index contributed by atoms with van der Waals surface area (Å²) in [5.41, 5.74) is 0.769. The van der Waals surface area contributed by atoms with Crippen LogP contribution in [0.2, 0.25) is 5.02 Å². The molecule has 2 rings (SSSR count). The summed E-state index contributed by atoms with van der Waals surface area (Å²) in [7, 11) is 0. The van der Waals surface area contributed by atoms with Gasteiger partial charge in [0.1, 0.15) is 5.02 Å². The summed E-state index contributed by atoms with van der Waals surface area (Å²) in [6.07, 6.45) is 3.11. The van der Waals surface area contributed by atoms with Gasteiger partial charge in [-0.3, -0.25) is 10.1 Å². The van der Waals surface area contributed by atoms with Crippen molar-refractivity contribution in [2.75, 3.05) is 6.61 Å². The van der Waals surface area contributed by atoms with Crippen molar-refractivity contribution in [2.45, 2.75) is 31.8 Å². The highest BCUT2D eigenvalue weighted by molar-refractivity contribution is 6.32. The van der Waals surface area contributed by atoms with E-state index in [0.717, 1.165) is 12.0 Å². The van der Waals surface area contributed by atoms with E-state index in [1.54, 1.807) is 12.1 Å². The van der Waals surface area contributed by atoms with Crippen LogP contribution in [0.5, 0.6) is 0 Å². The molecule has 1 atom stereocenters. The number of nitrogens with one attached hydrogen (secondary N) is 1. The van der Waals surface area contributed by atoms with Gasteiger partial charge in [0.25, 0.3) is 5.69 Å². The smallest absolute Gasteiger partial charge is 0.288 e. The molecule has 6 heteroatoms. The second-order valence-corrected chi connectivity index (χ2v) is 5.29. The minimum atomic E-state index is -0.474. The molecule has 104 valence electrons. The third-order valence-electron chi connectivity index (χ3n) is 3.41. The van der Waals surface area contributed by atoms with Gasteiger partial charge in [-0.15, -0.1) is 0 Å². The number of nitro benzene ring substituents is 1. The van der Waals surface area contributed by atoms with Crippen LogP contribution in [0.4, 0.5) is 5.69 Å². The van der Waals surface area contributed by atoms with Crippen molar-refractivity contribution in [3.05, 3.63) is 38.9 Å². The number of halogens is 1. The normalized spacial score (nSPS) is 16.3. The van der Waals surface area contributed by atoms with Gasteiger partial charge in [-0.2, -0.15) is 0 Å². The van der Waals surface area contributed by atoms with Crippen molar-refractivity contribution in [3.8, 4) is 0 Å². The Morgan fingerprint density at radius 1 is 1.53 bits per heavy atom. The average molecular weight is 285 g/mol. The highest BCUT2D eigenvalue weighted by atomic mass is 35.5. The van der Waals surface area contributed by atoms with E-state index in [2.05, 4.69) is 5.32 Å². The first-order valence-electron chi connectivity index (χ1n) is 6.39. The number of aliphatic hydroxyl groups excluding tert-OH is 1. The Morgan fingerprint density at radius 3 is 2.84 bits per heavy atom. The van der Waals surface area contributed by atoms with E-state index >= 15 is 0 Å². The molecule has 0 bridgehead atoms. The lowest BCUT2D eigenvalue weighted by Gasteiger charge is -2.17. The molecule has 0 aromatic heterocycles. The summed E-state index contributed by atoms with van der Waals surface area (Å²) in [4.78, 5) is 10.3. The molecule has 1 fully saturated rings. The van der Waals surface area contributed by atoms with E-state index in [9.17, 15) is 10.1 Å². The zero-order valence-corrected chi connectivity index (χ0v) is 11.3. The number of nitro groups is 1. The molecule has 1 aliphatic rings. The van der Waals surface area contributed by atoms with Gasteiger partial charge in [-0.25, -0.2) is 0 Å². The van der Waals surface area contributed by atoms with Crippen molar-refractivity contribution in [1.82, 2.24) is 5.32 Å². The van der Waals surface area contributed by atoms with Crippen LogP contribution in [0.15, 0.2) is 18.2 Å². The predicted molar refractivity (Wildman–Crippen MR) is 73.2 cm³/mol. The number of aliphatic hydroxyl groups is 1. The quantitative estimate of drug-likeness (QED) is 0.596. The Labute approximate surface area is 116 Å². The van der Waals surface area contributed by atoms with Crippen LogP contribution in [0.25, 0.3) is 0 Å². The molecule has 0 saturated heterocycles. The molecule has 1 aromatic rings. The standard InChI is InChI=1S/C13H17ClN2O3/c14-11-4-1-9(7-13(11)16(18)19)8-15-12(5-6-17)10-2-3-10/h1,4,7,10,12,15,17H,2-3,5-6,8H2. The van der Waals surface area contributed by atoms with Crippen molar-refractivity contribution < 1.29 is 10.0 Å². The van der Waals surface area contributed by atoms with Crippen LogP contribution in [0.1, 0.15) is 24.8 Å². The van der Waals surface area contributed by atoms with Gasteiger partial charge < -0.3 is 10.4 Å². The number of benzene rings is 1. The molecule has 1 aliphatic carbocycles. The lowest BCUT2D eigenvalue weighted by atomic mass is 10.1. The van der Waals surface area contributed by atoms with E-state index in [4.69, 9.17) is 16.7 Å². The van der Waals surface area contributed by atoms with Crippen molar-refractivity contribution in [3.63, 3.8) is 0 Å². The maximum Gasteiger partial charge on any atom is 0.288 e. The fourth-order valence-corrected chi connectivity index (χ4v) is 2.39. The number of hydrogen-bond donors (Lipinski definition) is 2. The first-order valence-corrected chi connectivity index (χ1v) is 6.76. The van der Waals surface area contributed by atoms with Crippen LogP contribution in [0, 0.1) is 16.0 Å². The van der Waals surface area contributed by atoms with Crippen molar-refractivity contribution >= 4 is 17.3 Å². The summed E-state index contributed by atoms with van der Waals surface area (Å²) in [6.45, 7) is 0.716. The highest BCUT2D eigenvalue weighted by Crippen LogP contribution is 2.34. The molecule has 19 heavy (non-hydrogen) atoms. The summed E-state index contributed by atoms with van der Waals surface area (Å²) in [5.74, 6) is 0.634. The minimum Gasteiger partial charge on any atom is -0.396 e. The molecule has 0 spiro atoms. The molecular formula is C13H17ClN2O3. The Bertz CT molecular complexity index is 463. The third-order valence-corrected chi connectivity index (χ3v) is 3.73. The van der Waals surface area contributed by atoms with Crippen LogP contribution in [-0.2, 0) is 6.54 Å². The average Bonchev–Trinajstić information content (AvgIpc) is 3.20. The van der Waals surface area contributed by atoms with Gasteiger partial charge in [0.05, 0.1) is 4.92 Å². The molecule has 1 aromatic carbocycles. The molecule has 0 heterocycles. The van der Waals surface area contributed by atoms with Gasteiger partial charge in [-0.05, 0) is 36.8 Å². The van der Waals surface area contributed by atoms with E-state index in [0.29, 0.717) is 18.5 Å². The minimum absolute atomic E-state index is 0.0638. The fourth-order valence-electron chi connectivity index (χ4n) is 2.20. The summed E-state index contributed by atoms with van der Waals surface area (Å²) in [5, 5.41) is 23.3. The van der Waals surface area contributed by atoms with E-state index in [-0.39, 0.29) is 17.3 Å². The molecule has 0 amide bonds. The number of hydrogen-bond acceptors (Lipinski definition) is 4. The van der Waals surface area contributed by atoms with Gasteiger partial charge in [0.2, 0.25) is 0 Å². The molecule has 0 radical (unpaired) electrons. The maximum atomic E-state index is 10.8. The predicted octanol–water partition coefficient (Wildman–Crippen LogP) is 2.50. The number of rotatable bonds is 7. The summed E-state index contributed by atoms with van der Waals surface area (Å²) >= 11 is 5.77. The lowest BCUT2D eigenvalue weighted by molar-refractivity contribution is -0.384. The zero-order chi connectivity index (χ0) is 13.8. The van der Waals surface area contributed by atoms with E-state index in [1.165, 1.54) is 18.9 Å². The van der Waals surface area contributed by atoms with Gasteiger partial charge in [-0.1, -0.05) is 17.7 Å².